The Kier molecular flexibility index (Phi) is 4.06. The summed E-state index contributed by atoms with van der Waals surface area (Å²) in [5.74, 6) is -1.05. The van der Waals surface area contributed by atoms with E-state index in [0.29, 0.717) is 16.6 Å². The Morgan fingerprint density at radius 2 is 1.55 bits per heavy atom. The van der Waals surface area contributed by atoms with E-state index in [4.69, 9.17) is 11.6 Å². The van der Waals surface area contributed by atoms with Gasteiger partial charge in [0.05, 0.1) is 5.56 Å². The lowest BCUT2D eigenvalue weighted by Gasteiger charge is -2.12. The molecule has 0 saturated carbocycles. The molecule has 1 nitrogen and oxygen atoms in total. The molecule has 7 heteroatoms. The molecule has 0 heterocycles. The molecular weight excluding hydrogens is 294 g/mol. The predicted molar refractivity (Wildman–Crippen MR) is 70.1 cm³/mol. The summed E-state index contributed by atoms with van der Waals surface area (Å²) in [6.07, 6.45) is -4.67. The molecule has 104 valence electrons. The fraction of sp³-hybridized carbons (Fsp3) is 0.0769. The van der Waals surface area contributed by atoms with Crippen LogP contribution in [-0.4, -0.2) is 11.9 Å². The number of rotatable bonds is 2. The Morgan fingerprint density at radius 3 is 2.10 bits per heavy atom. The Hall–Kier alpha value is -1.53. The van der Waals surface area contributed by atoms with Gasteiger partial charge in [-0.15, -0.1) is 0 Å². The van der Waals surface area contributed by atoms with E-state index in [9.17, 15) is 22.6 Å². The van der Waals surface area contributed by atoms with Crippen molar-refractivity contribution in [1.82, 2.24) is 0 Å². The van der Waals surface area contributed by atoms with Gasteiger partial charge in [0.15, 0.2) is 0 Å². The molecule has 0 radical (unpaired) electrons. The smallest absolute Gasteiger partial charge is 0.416 e. The van der Waals surface area contributed by atoms with Crippen molar-refractivity contribution in [3.8, 4) is 0 Å². The fourth-order valence-electron chi connectivity index (χ4n) is 1.77. The topological polar surface area (TPSA) is 20.2 Å². The highest BCUT2D eigenvalue weighted by Gasteiger charge is 2.32. The third-order valence-corrected chi connectivity index (χ3v) is 3.00. The van der Waals surface area contributed by atoms with E-state index in [1.165, 1.54) is 24.3 Å². The van der Waals surface area contributed by atoms with Gasteiger partial charge >= 0.3 is 13.1 Å². The first kappa shape index (κ1) is 14.9. The molecule has 1 N–H and O–H groups in total. The zero-order valence-corrected chi connectivity index (χ0v) is 10.7. The first-order valence-corrected chi connectivity index (χ1v) is 5.96. The minimum atomic E-state index is -4.67. The number of halogens is 5. The standard InChI is InChI=1S/C13H8BClF4O/c15-11-3-1-9(2-4-11)14(20)10-5-8(13(17,18)19)6-12(16)7-10/h1-7,20H. The Morgan fingerprint density at radius 1 is 0.950 bits per heavy atom. The fourth-order valence-corrected chi connectivity index (χ4v) is 1.90. The minimum Gasteiger partial charge on any atom is -0.443 e. The van der Waals surface area contributed by atoms with Gasteiger partial charge in [-0.05, 0) is 35.2 Å². The molecule has 0 unspecified atom stereocenters. The molecule has 2 aromatic rings. The second-order valence-electron chi connectivity index (χ2n) is 4.23. The highest BCUT2D eigenvalue weighted by Crippen LogP contribution is 2.28. The van der Waals surface area contributed by atoms with Gasteiger partial charge < -0.3 is 5.02 Å². The van der Waals surface area contributed by atoms with Crippen LogP contribution in [0.5, 0.6) is 0 Å². The average molecular weight is 302 g/mol. The van der Waals surface area contributed by atoms with Gasteiger partial charge in [0.1, 0.15) is 5.82 Å². The van der Waals surface area contributed by atoms with Crippen LogP contribution >= 0.6 is 11.6 Å². The normalized spacial score (nSPS) is 11.5. The zero-order valence-electron chi connectivity index (χ0n) is 9.96. The molecule has 0 bridgehead atoms. The molecule has 0 aliphatic carbocycles. The van der Waals surface area contributed by atoms with E-state index in [-0.39, 0.29) is 5.46 Å². The second kappa shape index (κ2) is 5.46. The van der Waals surface area contributed by atoms with Crippen LogP contribution in [-0.2, 0) is 6.18 Å². The van der Waals surface area contributed by atoms with Gasteiger partial charge in [-0.1, -0.05) is 29.8 Å². The lowest BCUT2D eigenvalue weighted by atomic mass is 9.56. The first-order valence-electron chi connectivity index (χ1n) is 5.58. The summed E-state index contributed by atoms with van der Waals surface area (Å²) in [4.78, 5) is 0. The SMILES string of the molecule is OB(c1ccc(Cl)cc1)c1cc(F)cc(C(F)(F)F)c1. The summed E-state index contributed by atoms with van der Waals surface area (Å²) < 4.78 is 51.1. The summed E-state index contributed by atoms with van der Waals surface area (Å²) >= 11 is 5.68. The number of benzene rings is 2. The molecular formula is C13H8BClF4O. The van der Waals surface area contributed by atoms with Crippen LogP contribution in [0.2, 0.25) is 5.02 Å². The van der Waals surface area contributed by atoms with Crippen molar-refractivity contribution >= 4 is 29.4 Å². The maximum Gasteiger partial charge on any atom is 0.416 e. The summed E-state index contributed by atoms with van der Waals surface area (Å²) in [7, 11) is 0. The van der Waals surface area contributed by atoms with Gasteiger partial charge in [-0.25, -0.2) is 4.39 Å². The monoisotopic (exact) mass is 302 g/mol. The predicted octanol–water partition coefficient (Wildman–Crippen LogP) is 2.60. The van der Waals surface area contributed by atoms with Crippen molar-refractivity contribution in [2.75, 3.05) is 0 Å². The van der Waals surface area contributed by atoms with Crippen LogP contribution in [0.4, 0.5) is 17.6 Å². The van der Waals surface area contributed by atoms with E-state index in [2.05, 4.69) is 0 Å². The number of alkyl halides is 3. The molecule has 0 atom stereocenters. The number of hydrogen-bond donors (Lipinski definition) is 1. The van der Waals surface area contributed by atoms with E-state index >= 15 is 0 Å². The third kappa shape index (κ3) is 3.32. The van der Waals surface area contributed by atoms with Crippen LogP contribution in [0.25, 0.3) is 0 Å². The van der Waals surface area contributed by atoms with Crippen molar-refractivity contribution in [3.05, 3.63) is 58.9 Å². The zero-order chi connectivity index (χ0) is 14.9. The molecule has 0 aromatic heterocycles. The third-order valence-electron chi connectivity index (χ3n) is 2.75. The van der Waals surface area contributed by atoms with Crippen molar-refractivity contribution in [3.63, 3.8) is 0 Å². The van der Waals surface area contributed by atoms with Crippen molar-refractivity contribution in [2.24, 2.45) is 0 Å². The molecule has 2 rings (SSSR count). The molecule has 2 aromatic carbocycles. The molecule has 0 aliphatic rings. The molecule has 0 aliphatic heterocycles. The molecule has 20 heavy (non-hydrogen) atoms. The van der Waals surface area contributed by atoms with Crippen molar-refractivity contribution in [2.45, 2.75) is 6.18 Å². The Balaban J connectivity index is 2.42. The lowest BCUT2D eigenvalue weighted by Crippen LogP contribution is -2.42. The molecule has 0 saturated heterocycles. The van der Waals surface area contributed by atoms with Crippen molar-refractivity contribution < 1.29 is 22.6 Å². The summed E-state index contributed by atoms with van der Waals surface area (Å²) in [5, 5.41) is 10.4. The van der Waals surface area contributed by atoms with Gasteiger partial charge in [0.2, 0.25) is 0 Å². The summed E-state index contributed by atoms with van der Waals surface area (Å²) in [6, 6.07) is 7.89. The Labute approximate surface area is 117 Å². The minimum absolute atomic E-state index is 0.167. The maximum atomic E-state index is 13.3. The summed E-state index contributed by atoms with van der Waals surface area (Å²) in [6.45, 7) is -1.36. The van der Waals surface area contributed by atoms with Gasteiger partial charge in [0.25, 0.3) is 0 Å². The van der Waals surface area contributed by atoms with E-state index in [1.54, 1.807) is 0 Å². The van der Waals surface area contributed by atoms with Crippen LogP contribution in [0, 0.1) is 5.82 Å². The second-order valence-corrected chi connectivity index (χ2v) is 4.66. The van der Waals surface area contributed by atoms with Gasteiger partial charge in [0, 0.05) is 5.02 Å². The molecule has 0 amide bonds. The van der Waals surface area contributed by atoms with E-state index in [1.807, 2.05) is 0 Å². The lowest BCUT2D eigenvalue weighted by molar-refractivity contribution is -0.137. The van der Waals surface area contributed by atoms with Crippen LogP contribution in [0.15, 0.2) is 42.5 Å². The largest absolute Gasteiger partial charge is 0.443 e. The molecule has 0 fully saturated rings. The van der Waals surface area contributed by atoms with Crippen LogP contribution in [0.3, 0.4) is 0 Å². The van der Waals surface area contributed by atoms with Crippen LogP contribution < -0.4 is 10.9 Å². The van der Waals surface area contributed by atoms with E-state index in [0.717, 1.165) is 12.1 Å². The maximum absolute atomic E-state index is 13.3. The van der Waals surface area contributed by atoms with Gasteiger partial charge in [-0.3, -0.25) is 0 Å². The quantitative estimate of drug-likeness (QED) is 0.668. The highest BCUT2D eigenvalue weighted by atomic mass is 35.5. The van der Waals surface area contributed by atoms with Gasteiger partial charge in [-0.2, -0.15) is 13.2 Å². The first-order chi connectivity index (χ1) is 9.27. The Bertz CT molecular complexity index is 613. The summed E-state index contributed by atoms with van der Waals surface area (Å²) in [5.41, 5.74) is -0.978. The highest BCUT2D eigenvalue weighted by molar-refractivity contribution is 6.78. The van der Waals surface area contributed by atoms with E-state index < -0.39 is 24.5 Å². The molecule has 0 spiro atoms. The van der Waals surface area contributed by atoms with Crippen LogP contribution in [0.1, 0.15) is 5.56 Å². The number of hydrogen-bond acceptors (Lipinski definition) is 1. The average Bonchev–Trinajstić information content (AvgIpc) is 2.37. The van der Waals surface area contributed by atoms with Crippen molar-refractivity contribution in [1.29, 1.82) is 0 Å².